The smallest absolute Gasteiger partial charge is 0.247 e. The van der Waals surface area contributed by atoms with Gasteiger partial charge in [-0.25, -0.2) is 0 Å². The second kappa shape index (κ2) is 8.41. The molecule has 1 aromatic carbocycles. The average molecular weight is 384 g/mol. The van der Waals surface area contributed by atoms with Crippen LogP contribution in [0.1, 0.15) is 31.6 Å². The summed E-state index contributed by atoms with van der Waals surface area (Å²) < 4.78 is 11.1. The van der Waals surface area contributed by atoms with Gasteiger partial charge in [0.25, 0.3) is 0 Å². The van der Waals surface area contributed by atoms with Crippen LogP contribution in [0.4, 0.5) is 0 Å². The second-order valence-electron chi connectivity index (χ2n) is 7.99. The summed E-state index contributed by atoms with van der Waals surface area (Å²) in [6.45, 7) is 4.75. The molecule has 2 aromatic rings. The fraction of sp³-hybridized carbons (Fsp3) is 0.571. The van der Waals surface area contributed by atoms with Crippen molar-refractivity contribution in [3.05, 3.63) is 36.2 Å². The molecular formula is C21H28N4O3. The second-order valence-corrected chi connectivity index (χ2v) is 7.99. The maximum absolute atomic E-state index is 12.3. The third-order valence-electron chi connectivity index (χ3n) is 5.90. The molecule has 2 fully saturated rings. The van der Waals surface area contributed by atoms with E-state index in [9.17, 15) is 4.79 Å². The van der Waals surface area contributed by atoms with Crippen LogP contribution in [-0.4, -0.2) is 65.8 Å². The van der Waals surface area contributed by atoms with Gasteiger partial charge in [0, 0.05) is 44.1 Å². The first-order valence-corrected chi connectivity index (χ1v) is 10.0. The standard InChI is InChI=1S/C21H28N4O3/c1-27-13-12-25-16-21(10-8-19(25)26)9-5-11-24(15-21)14-18-22-23-20(28-18)17-6-3-2-4-7-17/h2-4,6-7H,5,8-16H2,1H3/t21-/m1/s1. The zero-order chi connectivity index (χ0) is 19.4. The highest BCUT2D eigenvalue weighted by molar-refractivity contribution is 5.77. The molecule has 4 rings (SSSR count). The molecule has 0 unspecified atom stereocenters. The van der Waals surface area contributed by atoms with Gasteiger partial charge < -0.3 is 14.1 Å². The van der Waals surface area contributed by atoms with Crippen LogP contribution in [0.15, 0.2) is 34.7 Å². The summed E-state index contributed by atoms with van der Waals surface area (Å²) in [7, 11) is 1.68. The number of carbonyl (C=O) groups is 1. The topological polar surface area (TPSA) is 71.7 Å². The van der Waals surface area contributed by atoms with Crippen LogP contribution >= 0.6 is 0 Å². The number of carbonyl (C=O) groups excluding carboxylic acids is 1. The number of hydrogen-bond acceptors (Lipinski definition) is 6. The Kier molecular flexibility index (Phi) is 5.73. The summed E-state index contributed by atoms with van der Waals surface area (Å²) in [5, 5.41) is 8.45. The Morgan fingerprint density at radius 1 is 1.18 bits per heavy atom. The maximum atomic E-state index is 12.3. The van der Waals surface area contributed by atoms with Gasteiger partial charge in [-0.15, -0.1) is 10.2 Å². The van der Waals surface area contributed by atoms with Gasteiger partial charge in [0.15, 0.2) is 0 Å². The quantitative estimate of drug-likeness (QED) is 0.762. The number of likely N-dealkylation sites (tertiary alicyclic amines) is 2. The summed E-state index contributed by atoms with van der Waals surface area (Å²) in [6.07, 6.45) is 3.90. The van der Waals surface area contributed by atoms with Gasteiger partial charge in [-0.05, 0) is 37.9 Å². The number of aromatic nitrogens is 2. The lowest BCUT2D eigenvalue weighted by Crippen LogP contribution is -2.54. The number of nitrogens with zero attached hydrogens (tertiary/aromatic N) is 4. The van der Waals surface area contributed by atoms with Crippen molar-refractivity contribution in [1.82, 2.24) is 20.0 Å². The lowest BCUT2D eigenvalue weighted by Gasteiger charge is -2.48. The Balaban J connectivity index is 1.40. The molecule has 1 amide bonds. The Labute approximate surface area is 165 Å². The number of ether oxygens (including phenoxy) is 1. The minimum atomic E-state index is 0.169. The van der Waals surface area contributed by atoms with Gasteiger partial charge in [-0.2, -0.15) is 0 Å². The van der Waals surface area contributed by atoms with Crippen LogP contribution in [0.2, 0.25) is 0 Å². The SMILES string of the molecule is COCCN1C[C@]2(CCCN(Cc3nnc(-c4ccccc4)o3)C2)CCC1=O. The van der Waals surface area contributed by atoms with Gasteiger partial charge in [0.1, 0.15) is 0 Å². The number of piperidine rings is 2. The molecule has 0 saturated carbocycles. The highest BCUT2D eigenvalue weighted by Gasteiger charge is 2.41. The van der Waals surface area contributed by atoms with E-state index in [4.69, 9.17) is 9.15 Å². The van der Waals surface area contributed by atoms with E-state index in [-0.39, 0.29) is 11.3 Å². The molecule has 7 nitrogen and oxygen atoms in total. The Hall–Kier alpha value is -2.25. The predicted molar refractivity (Wildman–Crippen MR) is 104 cm³/mol. The minimum Gasteiger partial charge on any atom is -0.419 e. The number of amides is 1. The van der Waals surface area contributed by atoms with Gasteiger partial charge in [-0.1, -0.05) is 18.2 Å². The molecule has 0 N–H and O–H groups in total. The fourth-order valence-corrected chi connectivity index (χ4v) is 4.49. The van der Waals surface area contributed by atoms with Crippen LogP contribution in [0.25, 0.3) is 11.5 Å². The van der Waals surface area contributed by atoms with Crippen molar-refractivity contribution in [2.75, 3.05) is 39.9 Å². The molecular weight excluding hydrogens is 356 g/mol. The summed E-state index contributed by atoms with van der Waals surface area (Å²) in [5.41, 5.74) is 1.11. The van der Waals surface area contributed by atoms with Crippen LogP contribution in [-0.2, 0) is 16.1 Å². The zero-order valence-corrected chi connectivity index (χ0v) is 16.5. The maximum Gasteiger partial charge on any atom is 0.247 e. The lowest BCUT2D eigenvalue weighted by atomic mass is 9.73. The average Bonchev–Trinajstić information content (AvgIpc) is 3.18. The summed E-state index contributed by atoms with van der Waals surface area (Å²) in [5.74, 6) is 1.47. The molecule has 0 aliphatic carbocycles. The highest BCUT2D eigenvalue weighted by Crippen LogP contribution is 2.39. The molecule has 1 atom stereocenters. The van der Waals surface area contributed by atoms with E-state index in [1.807, 2.05) is 35.2 Å². The van der Waals surface area contributed by atoms with Gasteiger partial charge in [0.05, 0.1) is 13.2 Å². The molecule has 150 valence electrons. The highest BCUT2D eigenvalue weighted by atomic mass is 16.5. The van der Waals surface area contributed by atoms with E-state index >= 15 is 0 Å². The van der Waals surface area contributed by atoms with Gasteiger partial charge in [-0.3, -0.25) is 9.69 Å². The first-order chi connectivity index (χ1) is 13.7. The Morgan fingerprint density at radius 2 is 2.04 bits per heavy atom. The molecule has 7 heteroatoms. The van der Waals surface area contributed by atoms with Crippen molar-refractivity contribution >= 4 is 5.91 Å². The predicted octanol–water partition coefficient (Wildman–Crippen LogP) is 2.59. The van der Waals surface area contributed by atoms with Crippen LogP contribution < -0.4 is 0 Å². The lowest BCUT2D eigenvalue weighted by molar-refractivity contribution is -0.140. The minimum absolute atomic E-state index is 0.169. The molecule has 3 heterocycles. The third-order valence-corrected chi connectivity index (χ3v) is 5.90. The van der Waals surface area contributed by atoms with E-state index < -0.39 is 0 Å². The van der Waals surface area contributed by atoms with Crippen molar-refractivity contribution < 1.29 is 13.9 Å². The molecule has 2 saturated heterocycles. The number of methoxy groups -OCH3 is 1. The molecule has 28 heavy (non-hydrogen) atoms. The van der Waals surface area contributed by atoms with E-state index in [1.165, 1.54) is 6.42 Å². The van der Waals surface area contributed by atoms with Crippen molar-refractivity contribution in [2.45, 2.75) is 32.2 Å². The summed E-state index contributed by atoms with van der Waals surface area (Å²) >= 11 is 0. The van der Waals surface area contributed by atoms with E-state index in [2.05, 4.69) is 15.1 Å². The zero-order valence-electron chi connectivity index (χ0n) is 16.5. The normalized spacial score (nSPS) is 23.5. The van der Waals surface area contributed by atoms with Crippen LogP contribution in [0, 0.1) is 5.41 Å². The summed E-state index contributed by atoms with van der Waals surface area (Å²) in [6, 6.07) is 9.85. The Bertz CT molecular complexity index is 794. The number of rotatable bonds is 6. The monoisotopic (exact) mass is 384 g/mol. The fourth-order valence-electron chi connectivity index (χ4n) is 4.49. The largest absolute Gasteiger partial charge is 0.419 e. The number of hydrogen-bond donors (Lipinski definition) is 0. The van der Waals surface area contributed by atoms with Crippen LogP contribution in [0.3, 0.4) is 0 Å². The third kappa shape index (κ3) is 4.25. The van der Waals surface area contributed by atoms with E-state index in [0.29, 0.717) is 37.9 Å². The van der Waals surface area contributed by atoms with Gasteiger partial charge >= 0.3 is 0 Å². The molecule has 0 bridgehead atoms. The van der Waals surface area contributed by atoms with E-state index in [0.717, 1.165) is 38.0 Å². The van der Waals surface area contributed by atoms with Gasteiger partial charge in [0.2, 0.25) is 17.7 Å². The van der Waals surface area contributed by atoms with Crippen molar-refractivity contribution in [3.63, 3.8) is 0 Å². The molecule has 1 aromatic heterocycles. The first-order valence-electron chi connectivity index (χ1n) is 10.0. The molecule has 0 radical (unpaired) electrons. The molecule has 2 aliphatic heterocycles. The Morgan fingerprint density at radius 3 is 2.86 bits per heavy atom. The van der Waals surface area contributed by atoms with Crippen LogP contribution in [0.5, 0.6) is 0 Å². The summed E-state index contributed by atoms with van der Waals surface area (Å²) in [4.78, 5) is 16.6. The van der Waals surface area contributed by atoms with E-state index in [1.54, 1.807) is 7.11 Å². The van der Waals surface area contributed by atoms with Crippen molar-refractivity contribution in [1.29, 1.82) is 0 Å². The number of benzene rings is 1. The molecule has 2 aliphatic rings. The van der Waals surface area contributed by atoms with Crippen molar-refractivity contribution in [2.24, 2.45) is 5.41 Å². The first kappa shape index (κ1) is 19.1. The molecule has 1 spiro atoms. The van der Waals surface area contributed by atoms with Crippen molar-refractivity contribution in [3.8, 4) is 11.5 Å².